The predicted molar refractivity (Wildman–Crippen MR) is 70.8 cm³/mol. The van der Waals surface area contributed by atoms with Crippen LogP contribution in [0.15, 0.2) is 18.2 Å². The van der Waals surface area contributed by atoms with E-state index < -0.39 is 5.97 Å². The fourth-order valence-electron chi connectivity index (χ4n) is 2.16. The lowest BCUT2D eigenvalue weighted by Crippen LogP contribution is -2.25. The zero-order chi connectivity index (χ0) is 13.4. The lowest BCUT2D eigenvalue weighted by molar-refractivity contribution is 0.0694. The average molecular weight is 234 g/mol. The van der Waals surface area contributed by atoms with E-state index in [1.54, 1.807) is 6.07 Å². The van der Waals surface area contributed by atoms with E-state index in [1.165, 1.54) is 0 Å². The minimum atomic E-state index is -0.846. The van der Waals surface area contributed by atoms with Crippen LogP contribution in [0, 0.1) is 0 Å². The van der Waals surface area contributed by atoms with Crippen LogP contribution in [0.1, 0.15) is 63.0 Å². The van der Waals surface area contributed by atoms with E-state index in [9.17, 15) is 9.90 Å². The van der Waals surface area contributed by atoms with Gasteiger partial charge in [-0.1, -0.05) is 53.7 Å². The van der Waals surface area contributed by atoms with Crippen LogP contribution in [-0.2, 0) is 10.8 Å². The highest BCUT2D eigenvalue weighted by Gasteiger charge is 2.29. The Balaban J connectivity index is 3.64. The number of benzene rings is 1. The highest BCUT2D eigenvalue weighted by molar-refractivity contribution is 5.90. The van der Waals surface area contributed by atoms with Crippen LogP contribution in [0.4, 0.5) is 0 Å². The van der Waals surface area contributed by atoms with E-state index in [0.29, 0.717) is 5.56 Å². The molecule has 0 bridgehead atoms. The van der Waals surface area contributed by atoms with Crippen LogP contribution in [0.25, 0.3) is 0 Å². The lowest BCUT2D eigenvalue weighted by Gasteiger charge is -2.31. The molecule has 1 N–H and O–H groups in total. The molecule has 0 aliphatic heterocycles. The van der Waals surface area contributed by atoms with E-state index in [1.807, 2.05) is 12.1 Å². The van der Waals surface area contributed by atoms with Gasteiger partial charge < -0.3 is 5.11 Å². The first kappa shape index (κ1) is 13.8. The average Bonchev–Trinajstić information content (AvgIpc) is 2.13. The Bertz CT molecular complexity index is 431. The van der Waals surface area contributed by atoms with E-state index in [0.717, 1.165) is 11.1 Å². The summed E-state index contributed by atoms with van der Waals surface area (Å²) in [6.07, 6.45) is 0. The van der Waals surface area contributed by atoms with Crippen molar-refractivity contribution >= 4 is 5.97 Å². The van der Waals surface area contributed by atoms with Gasteiger partial charge in [0.1, 0.15) is 0 Å². The van der Waals surface area contributed by atoms with Crippen molar-refractivity contribution in [3.63, 3.8) is 0 Å². The Morgan fingerprint density at radius 3 is 1.88 bits per heavy atom. The van der Waals surface area contributed by atoms with Crippen molar-refractivity contribution in [1.29, 1.82) is 0 Å². The predicted octanol–water partition coefficient (Wildman–Crippen LogP) is 3.98. The van der Waals surface area contributed by atoms with E-state index >= 15 is 0 Å². The van der Waals surface area contributed by atoms with Gasteiger partial charge in [0.2, 0.25) is 0 Å². The van der Waals surface area contributed by atoms with Crippen molar-refractivity contribution in [2.75, 3.05) is 0 Å². The highest BCUT2D eigenvalue weighted by atomic mass is 16.4. The van der Waals surface area contributed by atoms with Gasteiger partial charge in [-0.05, 0) is 28.0 Å². The molecule has 0 spiro atoms. The monoisotopic (exact) mass is 234 g/mol. The summed E-state index contributed by atoms with van der Waals surface area (Å²) in [6.45, 7) is 12.5. The molecule has 17 heavy (non-hydrogen) atoms. The molecule has 94 valence electrons. The Morgan fingerprint density at radius 2 is 1.53 bits per heavy atom. The van der Waals surface area contributed by atoms with Crippen molar-refractivity contribution in [3.8, 4) is 0 Å². The number of aromatic carboxylic acids is 1. The van der Waals surface area contributed by atoms with Crippen molar-refractivity contribution in [2.45, 2.75) is 52.4 Å². The molecule has 0 saturated heterocycles. The van der Waals surface area contributed by atoms with Crippen molar-refractivity contribution in [1.82, 2.24) is 0 Å². The standard InChI is InChI=1S/C15H22O2/c1-14(2,3)11-9-7-8-10(13(16)17)12(11)15(4,5)6/h7-9H,1-6H3,(H,16,17). The van der Waals surface area contributed by atoms with Gasteiger partial charge in [0, 0.05) is 0 Å². The lowest BCUT2D eigenvalue weighted by atomic mass is 9.73. The second-order valence-electron chi connectivity index (χ2n) is 6.53. The largest absolute Gasteiger partial charge is 0.478 e. The van der Waals surface area contributed by atoms with E-state index in [2.05, 4.69) is 41.5 Å². The number of hydrogen-bond acceptors (Lipinski definition) is 1. The first-order valence-corrected chi connectivity index (χ1v) is 5.92. The third-order valence-corrected chi connectivity index (χ3v) is 2.85. The van der Waals surface area contributed by atoms with Crippen molar-refractivity contribution in [2.24, 2.45) is 0 Å². The molecule has 0 fully saturated rings. The van der Waals surface area contributed by atoms with E-state index in [4.69, 9.17) is 0 Å². The van der Waals surface area contributed by atoms with Crippen LogP contribution in [0.5, 0.6) is 0 Å². The fraction of sp³-hybridized carbons (Fsp3) is 0.533. The molecule has 0 unspecified atom stereocenters. The van der Waals surface area contributed by atoms with Gasteiger partial charge >= 0.3 is 5.97 Å². The number of carbonyl (C=O) groups is 1. The molecular formula is C15H22O2. The number of carboxylic acid groups (broad SMARTS) is 1. The molecule has 2 nitrogen and oxygen atoms in total. The molecule has 2 heteroatoms. The Labute approximate surface area is 104 Å². The van der Waals surface area contributed by atoms with Gasteiger partial charge in [0.05, 0.1) is 5.56 Å². The molecule has 0 amide bonds. The molecule has 0 aliphatic rings. The second-order valence-corrected chi connectivity index (χ2v) is 6.53. The minimum absolute atomic E-state index is 0.0475. The van der Waals surface area contributed by atoms with Gasteiger partial charge in [-0.3, -0.25) is 0 Å². The molecule has 0 radical (unpaired) electrons. The summed E-state index contributed by atoms with van der Waals surface area (Å²) < 4.78 is 0. The van der Waals surface area contributed by atoms with Crippen molar-refractivity contribution < 1.29 is 9.90 Å². The Morgan fingerprint density at radius 1 is 1.00 bits per heavy atom. The van der Waals surface area contributed by atoms with Crippen LogP contribution < -0.4 is 0 Å². The SMILES string of the molecule is CC(C)(C)c1cccc(C(=O)O)c1C(C)(C)C. The maximum atomic E-state index is 11.3. The smallest absolute Gasteiger partial charge is 0.335 e. The number of hydrogen-bond donors (Lipinski definition) is 1. The molecule has 1 aromatic rings. The summed E-state index contributed by atoms with van der Waals surface area (Å²) >= 11 is 0. The summed E-state index contributed by atoms with van der Waals surface area (Å²) in [5, 5.41) is 9.32. The molecule has 0 atom stereocenters. The minimum Gasteiger partial charge on any atom is -0.478 e. The topological polar surface area (TPSA) is 37.3 Å². The Hall–Kier alpha value is -1.31. The molecule has 0 aliphatic carbocycles. The van der Waals surface area contributed by atoms with Gasteiger partial charge in [0.15, 0.2) is 0 Å². The van der Waals surface area contributed by atoms with Crippen LogP contribution in [0.2, 0.25) is 0 Å². The van der Waals surface area contributed by atoms with Gasteiger partial charge in [-0.15, -0.1) is 0 Å². The van der Waals surface area contributed by atoms with Crippen molar-refractivity contribution in [3.05, 3.63) is 34.9 Å². The van der Waals surface area contributed by atoms with Crippen LogP contribution in [0.3, 0.4) is 0 Å². The molecule has 0 aromatic heterocycles. The normalized spacial score (nSPS) is 12.6. The first-order valence-electron chi connectivity index (χ1n) is 5.92. The Kier molecular flexibility index (Phi) is 3.37. The molecule has 1 aromatic carbocycles. The fourth-order valence-corrected chi connectivity index (χ4v) is 2.16. The van der Waals surface area contributed by atoms with Gasteiger partial charge in [-0.2, -0.15) is 0 Å². The zero-order valence-electron chi connectivity index (χ0n) is 11.6. The number of rotatable bonds is 1. The molecule has 1 rings (SSSR count). The summed E-state index contributed by atoms with van der Waals surface area (Å²) in [4.78, 5) is 11.3. The van der Waals surface area contributed by atoms with E-state index in [-0.39, 0.29) is 10.8 Å². The highest BCUT2D eigenvalue weighted by Crippen LogP contribution is 2.36. The van der Waals surface area contributed by atoms with Crippen LogP contribution >= 0.6 is 0 Å². The summed E-state index contributed by atoms with van der Waals surface area (Å²) in [7, 11) is 0. The molecule has 0 saturated carbocycles. The first-order chi connectivity index (χ1) is 7.55. The summed E-state index contributed by atoms with van der Waals surface area (Å²) in [6, 6.07) is 5.56. The zero-order valence-corrected chi connectivity index (χ0v) is 11.6. The van der Waals surface area contributed by atoms with Gasteiger partial charge in [0.25, 0.3) is 0 Å². The van der Waals surface area contributed by atoms with Crippen LogP contribution in [-0.4, -0.2) is 11.1 Å². The maximum absolute atomic E-state index is 11.3. The summed E-state index contributed by atoms with van der Waals surface area (Å²) in [5.41, 5.74) is 2.26. The molecular weight excluding hydrogens is 212 g/mol. The summed E-state index contributed by atoms with van der Waals surface area (Å²) in [5.74, 6) is -0.846. The quantitative estimate of drug-likeness (QED) is 0.798. The third kappa shape index (κ3) is 2.87. The van der Waals surface area contributed by atoms with Gasteiger partial charge in [-0.25, -0.2) is 4.79 Å². The maximum Gasteiger partial charge on any atom is 0.335 e. The second kappa shape index (κ2) is 4.17. The number of carboxylic acids is 1. The molecule has 0 heterocycles. The third-order valence-electron chi connectivity index (χ3n) is 2.85.